The number of rotatable bonds is 5. The van der Waals surface area contributed by atoms with Crippen molar-refractivity contribution in [1.29, 1.82) is 0 Å². The van der Waals surface area contributed by atoms with Gasteiger partial charge in [-0.1, -0.05) is 35.0 Å². The minimum Gasteiger partial charge on any atom is -0.468 e. The largest absolute Gasteiger partial charge is 0.468 e. The molecule has 0 radical (unpaired) electrons. The third-order valence-electron chi connectivity index (χ3n) is 5.65. The van der Waals surface area contributed by atoms with E-state index in [4.69, 9.17) is 16.3 Å². The first-order chi connectivity index (χ1) is 15.0. The van der Waals surface area contributed by atoms with Crippen LogP contribution in [-0.4, -0.2) is 70.0 Å². The van der Waals surface area contributed by atoms with E-state index in [-0.39, 0.29) is 11.9 Å². The Morgan fingerprint density at radius 3 is 2.55 bits per heavy atom. The number of fused-ring (bicyclic) bond motifs is 1. The highest BCUT2D eigenvalue weighted by Crippen LogP contribution is 2.29. The van der Waals surface area contributed by atoms with Gasteiger partial charge in [0.05, 0.1) is 12.6 Å². The van der Waals surface area contributed by atoms with Crippen LogP contribution in [0.4, 0.5) is 0 Å². The fourth-order valence-corrected chi connectivity index (χ4v) is 4.22. The zero-order chi connectivity index (χ0) is 22.0. The molecule has 0 bridgehead atoms. The van der Waals surface area contributed by atoms with Gasteiger partial charge in [-0.05, 0) is 36.8 Å². The highest BCUT2D eigenvalue weighted by molar-refractivity contribution is 6.31. The topological polar surface area (TPSA) is 80.6 Å². The van der Waals surface area contributed by atoms with Crippen LogP contribution in [0.1, 0.15) is 28.9 Å². The van der Waals surface area contributed by atoms with Crippen LogP contribution in [0.25, 0.3) is 11.0 Å². The molecule has 0 unspecified atom stereocenters. The number of benzene rings is 2. The summed E-state index contributed by atoms with van der Waals surface area (Å²) in [4.78, 5) is 29.4. The van der Waals surface area contributed by atoms with Crippen molar-refractivity contribution in [2.24, 2.45) is 0 Å². The van der Waals surface area contributed by atoms with Crippen molar-refractivity contribution in [2.75, 3.05) is 33.3 Å². The zero-order valence-corrected chi connectivity index (χ0v) is 18.2. The average molecular weight is 442 g/mol. The van der Waals surface area contributed by atoms with Crippen molar-refractivity contribution < 1.29 is 14.3 Å². The minimum atomic E-state index is -0.601. The highest BCUT2D eigenvalue weighted by Gasteiger charge is 2.33. The molecule has 0 spiro atoms. The van der Waals surface area contributed by atoms with Crippen molar-refractivity contribution in [2.45, 2.75) is 19.5 Å². The van der Waals surface area contributed by atoms with E-state index in [1.807, 2.05) is 42.2 Å². The molecule has 1 amide bonds. The van der Waals surface area contributed by atoms with E-state index in [0.717, 1.165) is 12.1 Å². The molecule has 1 atom stereocenters. The number of aromatic nitrogens is 3. The molecule has 4 rings (SSSR count). The third-order valence-corrected chi connectivity index (χ3v) is 6.00. The Kier molecular flexibility index (Phi) is 6.20. The fourth-order valence-electron chi connectivity index (χ4n) is 3.99. The predicted molar refractivity (Wildman–Crippen MR) is 117 cm³/mol. The van der Waals surface area contributed by atoms with Crippen LogP contribution < -0.4 is 0 Å². The Morgan fingerprint density at radius 1 is 1.13 bits per heavy atom. The summed E-state index contributed by atoms with van der Waals surface area (Å²) < 4.78 is 6.83. The Balaban J connectivity index is 1.49. The number of piperazine rings is 1. The molecule has 1 aliphatic rings. The molecule has 162 valence electrons. The number of aryl methyl sites for hydroxylation is 1. The quantitative estimate of drug-likeness (QED) is 0.566. The van der Waals surface area contributed by atoms with E-state index in [0.29, 0.717) is 47.8 Å². The van der Waals surface area contributed by atoms with Crippen LogP contribution in [0.2, 0.25) is 5.02 Å². The monoisotopic (exact) mass is 441 g/mol. The molecule has 0 aliphatic carbocycles. The number of amides is 1. The first-order valence-corrected chi connectivity index (χ1v) is 10.6. The van der Waals surface area contributed by atoms with Gasteiger partial charge in [0, 0.05) is 43.3 Å². The lowest BCUT2D eigenvalue weighted by Crippen LogP contribution is -2.51. The standard InChI is InChI=1S/C22H24ClN5O3/c1-3-28-19-9-8-15(14-18(19)24-25-28)21(29)27-12-10-26(11-13-27)20(22(30)31-2)16-6-4-5-7-17(16)23/h4-9,14,20H,3,10-13H2,1-2H3/t20-/m0/s1. The maximum Gasteiger partial charge on any atom is 0.327 e. The molecule has 2 heterocycles. The van der Waals surface area contributed by atoms with Crippen LogP contribution in [0.15, 0.2) is 42.5 Å². The third kappa shape index (κ3) is 4.13. The van der Waals surface area contributed by atoms with E-state index >= 15 is 0 Å². The molecule has 9 heteroatoms. The average Bonchev–Trinajstić information content (AvgIpc) is 3.22. The summed E-state index contributed by atoms with van der Waals surface area (Å²) in [7, 11) is 1.37. The summed E-state index contributed by atoms with van der Waals surface area (Å²) in [6, 6.07) is 12.1. The Bertz CT molecular complexity index is 1110. The van der Waals surface area contributed by atoms with Gasteiger partial charge in [0.1, 0.15) is 11.6 Å². The molecule has 8 nitrogen and oxygen atoms in total. The Hall–Kier alpha value is -2.97. The number of methoxy groups -OCH3 is 1. The summed E-state index contributed by atoms with van der Waals surface area (Å²) >= 11 is 6.35. The zero-order valence-electron chi connectivity index (χ0n) is 17.5. The number of ether oxygens (including phenoxy) is 1. The molecule has 0 saturated carbocycles. The lowest BCUT2D eigenvalue weighted by molar-refractivity contribution is -0.148. The van der Waals surface area contributed by atoms with Gasteiger partial charge in [-0.25, -0.2) is 9.48 Å². The lowest BCUT2D eigenvalue weighted by atomic mass is 10.0. The van der Waals surface area contributed by atoms with Gasteiger partial charge >= 0.3 is 5.97 Å². The van der Waals surface area contributed by atoms with Crippen LogP contribution >= 0.6 is 11.6 Å². The van der Waals surface area contributed by atoms with Gasteiger partial charge in [0.25, 0.3) is 5.91 Å². The van der Waals surface area contributed by atoms with E-state index in [1.54, 1.807) is 21.7 Å². The SMILES string of the molecule is CCn1nnc2cc(C(=O)N3CCN([C@H](C(=O)OC)c4ccccc4Cl)CC3)ccc21. The second-order valence-electron chi connectivity index (χ2n) is 7.38. The smallest absolute Gasteiger partial charge is 0.327 e. The van der Waals surface area contributed by atoms with Crippen LogP contribution in [-0.2, 0) is 16.1 Å². The second kappa shape index (κ2) is 9.03. The Morgan fingerprint density at radius 2 is 1.87 bits per heavy atom. The molecule has 1 aliphatic heterocycles. The number of carbonyl (C=O) groups excluding carboxylic acids is 2. The van der Waals surface area contributed by atoms with Gasteiger partial charge in [0.2, 0.25) is 0 Å². The van der Waals surface area contributed by atoms with E-state index < -0.39 is 6.04 Å². The molecule has 3 aromatic rings. The van der Waals surface area contributed by atoms with Crippen LogP contribution in [0, 0.1) is 0 Å². The van der Waals surface area contributed by atoms with Gasteiger partial charge in [-0.3, -0.25) is 9.69 Å². The van der Waals surface area contributed by atoms with Gasteiger partial charge < -0.3 is 9.64 Å². The minimum absolute atomic E-state index is 0.0556. The molecular weight excluding hydrogens is 418 g/mol. The molecule has 0 N–H and O–H groups in total. The van der Waals surface area contributed by atoms with Crippen molar-refractivity contribution in [3.63, 3.8) is 0 Å². The summed E-state index contributed by atoms with van der Waals surface area (Å²) in [5, 5.41) is 8.77. The van der Waals surface area contributed by atoms with Crippen molar-refractivity contribution in [3.05, 3.63) is 58.6 Å². The fraction of sp³-hybridized carbons (Fsp3) is 0.364. The summed E-state index contributed by atoms with van der Waals surface area (Å²) in [5.41, 5.74) is 2.90. The first kappa shape index (κ1) is 21.3. The number of halogens is 1. The predicted octanol–water partition coefficient (Wildman–Crippen LogP) is 2.78. The molecular formula is C22H24ClN5O3. The summed E-state index contributed by atoms with van der Waals surface area (Å²) in [6.45, 7) is 4.78. The number of hydrogen-bond acceptors (Lipinski definition) is 6. The number of hydrogen-bond donors (Lipinski definition) is 0. The van der Waals surface area contributed by atoms with Crippen LogP contribution in [0.3, 0.4) is 0 Å². The van der Waals surface area contributed by atoms with Crippen molar-refractivity contribution >= 4 is 34.5 Å². The molecule has 1 fully saturated rings. The van der Waals surface area contributed by atoms with E-state index in [1.165, 1.54) is 7.11 Å². The van der Waals surface area contributed by atoms with Crippen LogP contribution in [0.5, 0.6) is 0 Å². The van der Waals surface area contributed by atoms with Crippen molar-refractivity contribution in [1.82, 2.24) is 24.8 Å². The number of carbonyl (C=O) groups is 2. The first-order valence-electron chi connectivity index (χ1n) is 10.2. The second-order valence-corrected chi connectivity index (χ2v) is 7.79. The normalized spacial score (nSPS) is 15.8. The van der Waals surface area contributed by atoms with Crippen molar-refractivity contribution in [3.8, 4) is 0 Å². The van der Waals surface area contributed by atoms with Gasteiger partial charge in [0.15, 0.2) is 0 Å². The summed E-state index contributed by atoms with van der Waals surface area (Å²) in [5.74, 6) is -0.419. The molecule has 2 aromatic carbocycles. The Labute approximate surface area is 185 Å². The van der Waals surface area contributed by atoms with E-state index in [9.17, 15) is 9.59 Å². The highest BCUT2D eigenvalue weighted by atomic mass is 35.5. The maximum atomic E-state index is 13.1. The maximum absolute atomic E-state index is 13.1. The molecule has 31 heavy (non-hydrogen) atoms. The summed E-state index contributed by atoms with van der Waals surface area (Å²) in [6.07, 6.45) is 0. The molecule has 1 aromatic heterocycles. The van der Waals surface area contributed by atoms with Gasteiger partial charge in [-0.2, -0.15) is 0 Å². The number of esters is 1. The van der Waals surface area contributed by atoms with E-state index in [2.05, 4.69) is 10.3 Å². The van der Waals surface area contributed by atoms with Gasteiger partial charge in [-0.15, -0.1) is 5.10 Å². The number of nitrogens with zero attached hydrogens (tertiary/aromatic N) is 5. The molecule has 1 saturated heterocycles. The lowest BCUT2D eigenvalue weighted by Gasteiger charge is -2.38.